The molecular weight excluding hydrogens is 184 g/mol. The number of nitriles is 1. The Kier molecular flexibility index (Phi) is 3.88. The van der Waals surface area contributed by atoms with Gasteiger partial charge in [0.25, 0.3) is 0 Å². The second-order valence-electron chi connectivity index (χ2n) is 4.70. The molecule has 1 N–H and O–H groups in total. The Hall–Kier alpha value is -1.33. The highest BCUT2D eigenvalue weighted by Gasteiger charge is 2.08. The molecule has 15 heavy (non-hydrogen) atoms. The van der Waals surface area contributed by atoms with Gasteiger partial charge in [-0.25, -0.2) is 0 Å². The summed E-state index contributed by atoms with van der Waals surface area (Å²) in [6.45, 7) is 7.33. The van der Waals surface area contributed by atoms with Gasteiger partial charge < -0.3 is 5.32 Å². The van der Waals surface area contributed by atoms with E-state index in [9.17, 15) is 0 Å². The Morgan fingerprint density at radius 1 is 1.27 bits per heavy atom. The highest BCUT2D eigenvalue weighted by atomic mass is 14.9. The minimum Gasteiger partial charge on any atom is -0.312 e. The van der Waals surface area contributed by atoms with Gasteiger partial charge in [0.1, 0.15) is 0 Å². The number of nitrogens with one attached hydrogen (secondary N) is 1. The Bertz CT molecular complexity index is 356. The van der Waals surface area contributed by atoms with E-state index in [2.05, 4.69) is 32.2 Å². The van der Waals surface area contributed by atoms with Crippen LogP contribution >= 0.6 is 0 Å². The molecule has 0 bridgehead atoms. The van der Waals surface area contributed by atoms with Crippen molar-refractivity contribution >= 4 is 0 Å². The Balaban J connectivity index is 2.55. The van der Waals surface area contributed by atoms with Crippen molar-refractivity contribution in [3.63, 3.8) is 0 Å². The molecule has 0 radical (unpaired) electrons. The second kappa shape index (κ2) is 4.95. The number of hydrogen-bond acceptors (Lipinski definition) is 2. The lowest BCUT2D eigenvalue weighted by Gasteiger charge is -2.20. The van der Waals surface area contributed by atoms with Crippen molar-refractivity contribution in [1.82, 2.24) is 5.32 Å². The molecule has 1 aromatic rings. The van der Waals surface area contributed by atoms with Crippen molar-refractivity contribution < 1.29 is 0 Å². The van der Waals surface area contributed by atoms with Gasteiger partial charge in [-0.15, -0.1) is 0 Å². The predicted molar refractivity (Wildman–Crippen MR) is 62.6 cm³/mol. The van der Waals surface area contributed by atoms with Crippen molar-refractivity contribution in [2.45, 2.75) is 32.7 Å². The van der Waals surface area contributed by atoms with E-state index in [-0.39, 0.29) is 5.54 Å². The van der Waals surface area contributed by atoms with E-state index in [4.69, 9.17) is 5.26 Å². The lowest BCUT2D eigenvalue weighted by Crippen LogP contribution is -2.37. The zero-order valence-corrected chi connectivity index (χ0v) is 9.67. The number of benzene rings is 1. The van der Waals surface area contributed by atoms with Crippen LogP contribution in [0.3, 0.4) is 0 Å². The molecule has 0 unspecified atom stereocenters. The summed E-state index contributed by atoms with van der Waals surface area (Å²) in [5.74, 6) is 0. The standard InChI is InChI=1S/C13H18N2/c1-13(2,3)15-9-8-11-6-4-5-7-12(11)10-14/h4-7,15H,8-9H2,1-3H3. The average Bonchev–Trinajstić information content (AvgIpc) is 2.16. The van der Waals surface area contributed by atoms with E-state index < -0.39 is 0 Å². The molecular formula is C13H18N2. The zero-order chi connectivity index (χ0) is 11.3. The van der Waals surface area contributed by atoms with E-state index in [0.29, 0.717) is 0 Å². The fourth-order valence-corrected chi connectivity index (χ4v) is 1.42. The van der Waals surface area contributed by atoms with E-state index in [0.717, 1.165) is 24.1 Å². The minimum absolute atomic E-state index is 0.140. The summed E-state index contributed by atoms with van der Waals surface area (Å²) in [5, 5.41) is 12.3. The maximum absolute atomic E-state index is 8.91. The normalized spacial score (nSPS) is 11.1. The van der Waals surface area contributed by atoms with Crippen LogP contribution < -0.4 is 5.32 Å². The van der Waals surface area contributed by atoms with Gasteiger partial charge in [0.15, 0.2) is 0 Å². The Morgan fingerprint density at radius 2 is 1.93 bits per heavy atom. The molecule has 0 aliphatic carbocycles. The van der Waals surface area contributed by atoms with Crippen molar-refractivity contribution in [2.24, 2.45) is 0 Å². The molecule has 0 amide bonds. The monoisotopic (exact) mass is 202 g/mol. The third kappa shape index (κ3) is 4.14. The largest absolute Gasteiger partial charge is 0.312 e. The molecule has 2 heteroatoms. The van der Waals surface area contributed by atoms with Gasteiger partial charge >= 0.3 is 0 Å². The minimum atomic E-state index is 0.140. The topological polar surface area (TPSA) is 35.8 Å². The van der Waals surface area contributed by atoms with Crippen LogP contribution in [0, 0.1) is 11.3 Å². The smallest absolute Gasteiger partial charge is 0.0994 e. The number of rotatable bonds is 3. The first-order chi connectivity index (χ1) is 7.03. The van der Waals surface area contributed by atoms with Crippen LogP contribution in [0.15, 0.2) is 24.3 Å². The highest BCUT2D eigenvalue weighted by Crippen LogP contribution is 2.08. The second-order valence-corrected chi connectivity index (χ2v) is 4.70. The molecule has 2 nitrogen and oxygen atoms in total. The van der Waals surface area contributed by atoms with Crippen molar-refractivity contribution in [3.05, 3.63) is 35.4 Å². The molecule has 80 valence electrons. The molecule has 0 saturated carbocycles. The molecule has 0 spiro atoms. The predicted octanol–water partition coefficient (Wildman–Crippen LogP) is 2.49. The first kappa shape index (κ1) is 11.7. The first-order valence-electron chi connectivity index (χ1n) is 5.26. The maximum atomic E-state index is 8.91. The van der Waals surface area contributed by atoms with E-state index >= 15 is 0 Å². The van der Waals surface area contributed by atoms with Crippen LogP contribution in [0.1, 0.15) is 31.9 Å². The summed E-state index contributed by atoms with van der Waals surface area (Å²) < 4.78 is 0. The van der Waals surface area contributed by atoms with Crippen LogP contribution in [0.4, 0.5) is 0 Å². The molecule has 1 rings (SSSR count). The fourth-order valence-electron chi connectivity index (χ4n) is 1.42. The summed E-state index contributed by atoms with van der Waals surface area (Å²) in [5.41, 5.74) is 2.05. The van der Waals surface area contributed by atoms with Crippen LogP contribution in [0.2, 0.25) is 0 Å². The fraction of sp³-hybridized carbons (Fsp3) is 0.462. The van der Waals surface area contributed by atoms with Gasteiger partial charge in [-0.3, -0.25) is 0 Å². The van der Waals surface area contributed by atoms with E-state index in [1.807, 2.05) is 24.3 Å². The van der Waals surface area contributed by atoms with Gasteiger partial charge in [0, 0.05) is 5.54 Å². The Labute approximate surface area is 91.9 Å². The molecule has 0 atom stereocenters. The molecule has 0 aliphatic rings. The maximum Gasteiger partial charge on any atom is 0.0994 e. The molecule has 0 aliphatic heterocycles. The lowest BCUT2D eigenvalue weighted by molar-refractivity contribution is 0.429. The van der Waals surface area contributed by atoms with Crippen LogP contribution in [-0.4, -0.2) is 12.1 Å². The van der Waals surface area contributed by atoms with Crippen molar-refractivity contribution in [1.29, 1.82) is 5.26 Å². The lowest BCUT2D eigenvalue weighted by atomic mass is 10.0. The number of nitrogens with zero attached hydrogens (tertiary/aromatic N) is 1. The van der Waals surface area contributed by atoms with Gasteiger partial charge in [0.2, 0.25) is 0 Å². The Morgan fingerprint density at radius 3 is 2.53 bits per heavy atom. The van der Waals surface area contributed by atoms with Crippen LogP contribution in [-0.2, 0) is 6.42 Å². The van der Waals surface area contributed by atoms with Gasteiger partial charge in [-0.2, -0.15) is 5.26 Å². The molecule has 0 heterocycles. The summed E-state index contributed by atoms with van der Waals surface area (Å²) in [6.07, 6.45) is 0.904. The van der Waals surface area contributed by atoms with Crippen molar-refractivity contribution in [2.75, 3.05) is 6.54 Å². The molecule has 0 saturated heterocycles. The van der Waals surface area contributed by atoms with Crippen molar-refractivity contribution in [3.8, 4) is 6.07 Å². The van der Waals surface area contributed by atoms with E-state index in [1.54, 1.807) is 0 Å². The van der Waals surface area contributed by atoms with Gasteiger partial charge in [-0.1, -0.05) is 18.2 Å². The van der Waals surface area contributed by atoms with Crippen LogP contribution in [0.25, 0.3) is 0 Å². The van der Waals surface area contributed by atoms with Gasteiger partial charge in [0.05, 0.1) is 11.6 Å². The number of hydrogen-bond donors (Lipinski definition) is 1. The first-order valence-corrected chi connectivity index (χ1v) is 5.26. The van der Waals surface area contributed by atoms with Crippen LogP contribution in [0.5, 0.6) is 0 Å². The SMILES string of the molecule is CC(C)(C)NCCc1ccccc1C#N. The zero-order valence-electron chi connectivity index (χ0n) is 9.67. The highest BCUT2D eigenvalue weighted by molar-refractivity contribution is 5.37. The third-order valence-corrected chi connectivity index (χ3v) is 2.19. The third-order valence-electron chi connectivity index (χ3n) is 2.19. The molecule has 0 fully saturated rings. The summed E-state index contributed by atoms with van der Waals surface area (Å²) in [7, 11) is 0. The van der Waals surface area contributed by atoms with Gasteiger partial charge in [-0.05, 0) is 45.4 Å². The summed E-state index contributed by atoms with van der Waals surface area (Å²) >= 11 is 0. The average molecular weight is 202 g/mol. The summed E-state index contributed by atoms with van der Waals surface area (Å²) in [4.78, 5) is 0. The quantitative estimate of drug-likeness (QED) is 0.817. The van der Waals surface area contributed by atoms with E-state index in [1.165, 1.54) is 0 Å². The molecule has 1 aromatic carbocycles. The summed E-state index contributed by atoms with van der Waals surface area (Å²) in [6, 6.07) is 9.98. The molecule has 0 aromatic heterocycles.